The molecule has 0 N–H and O–H groups in total. The number of carbonyl (C=O) groups excluding carboxylic acids is 1. The summed E-state index contributed by atoms with van der Waals surface area (Å²) < 4.78 is 11.3. The Labute approximate surface area is 146 Å². The van der Waals surface area contributed by atoms with Gasteiger partial charge in [-0.25, -0.2) is 14.8 Å². The van der Waals surface area contributed by atoms with Gasteiger partial charge >= 0.3 is 6.09 Å². The Balaban J connectivity index is 1.74. The second kappa shape index (κ2) is 5.84. The number of nitrogens with zero attached hydrogens (tertiary/aromatic N) is 4. The number of carbonyl (C=O) groups is 1. The number of hydrogen-bond donors (Lipinski definition) is 0. The molecule has 25 heavy (non-hydrogen) atoms. The molecule has 132 valence electrons. The summed E-state index contributed by atoms with van der Waals surface area (Å²) in [6, 6.07) is 3.78. The Morgan fingerprint density at radius 2 is 2.00 bits per heavy atom. The summed E-state index contributed by atoms with van der Waals surface area (Å²) in [6.07, 6.45) is 2.93. The molecule has 2 aliphatic rings. The molecule has 4 rings (SSSR count). The van der Waals surface area contributed by atoms with E-state index in [9.17, 15) is 4.79 Å². The highest BCUT2D eigenvalue weighted by Gasteiger charge is 2.47. The second-order valence-electron chi connectivity index (χ2n) is 6.94. The summed E-state index contributed by atoms with van der Waals surface area (Å²) in [5.74, 6) is 0.618. The molecule has 1 aromatic heterocycles. The zero-order chi connectivity index (χ0) is 17.6. The van der Waals surface area contributed by atoms with Gasteiger partial charge in [-0.3, -0.25) is 4.90 Å². The number of aromatic nitrogens is 2. The quantitative estimate of drug-likeness (QED) is 0.835. The van der Waals surface area contributed by atoms with Gasteiger partial charge in [0.25, 0.3) is 0 Å². The van der Waals surface area contributed by atoms with Crippen molar-refractivity contribution in [3.63, 3.8) is 0 Å². The molecule has 0 unspecified atom stereocenters. The topological polar surface area (TPSA) is 67.8 Å². The Morgan fingerprint density at radius 1 is 1.24 bits per heavy atom. The third-order valence-electron chi connectivity index (χ3n) is 5.29. The minimum absolute atomic E-state index is 0.309. The molecule has 2 fully saturated rings. The van der Waals surface area contributed by atoms with Gasteiger partial charge in [-0.2, -0.15) is 0 Å². The maximum Gasteiger partial charge on any atom is 0.415 e. The average Bonchev–Trinajstić information content (AvgIpc) is 2.93. The monoisotopic (exact) mass is 342 g/mol. The molecule has 0 atom stereocenters. The normalized spacial score (nSPS) is 20.3. The fraction of sp³-hybridized carbons (Fsp3) is 0.500. The van der Waals surface area contributed by atoms with E-state index >= 15 is 0 Å². The van der Waals surface area contributed by atoms with Crippen LogP contribution in [0.3, 0.4) is 0 Å². The third-order valence-corrected chi connectivity index (χ3v) is 5.29. The molecule has 1 amide bonds. The van der Waals surface area contributed by atoms with Gasteiger partial charge in [0.1, 0.15) is 17.7 Å². The van der Waals surface area contributed by atoms with Crippen LogP contribution in [0.15, 0.2) is 18.5 Å². The lowest BCUT2D eigenvalue weighted by molar-refractivity contribution is 0.00678. The lowest BCUT2D eigenvalue weighted by Crippen LogP contribution is -2.45. The van der Waals surface area contributed by atoms with E-state index in [0.29, 0.717) is 18.0 Å². The van der Waals surface area contributed by atoms with E-state index in [4.69, 9.17) is 9.47 Å². The first kappa shape index (κ1) is 16.1. The lowest BCUT2D eigenvalue weighted by Gasteiger charge is -2.35. The first-order chi connectivity index (χ1) is 12.0. The highest BCUT2D eigenvalue weighted by molar-refractivity contribution is 5.97. The van der Waals surface area contributed by atoms with E-state index in [1.54, 1.807) is 12.0 Å². The number of rotatable bonds is 2. The van der Waals surface area contributed by atoms with Gasteiger partial charge in [-0.05, 0) is 20.0 Å². The first-order valence-corrected chi connectivity index (χ1v) is 8.50. The highest BCUT2D eigenvalue weighted by atomic mass is 16.6. The number of amides is 1. The largest absolute Gasteiger partial charge is 0.494 e. The van der Waals surface area contributed by atoms with Gasteiger partial charge < -0.3 is 14.4 Å². The van der Waals surface area contributed by atoms with Gasteiger partial charge in [0.05, 0.1) is 24.9 Å². The minimum atomic E-state index is -0.397. The SMILES string of the molecule is COc1cc2ncnc(C)c2cc1N1CC2(CCN(C)CC2)OC1=O. The number of piperidine rings is 1. The van der Waals surface area contributed by atoms with E-state index < -0.39 is 5.60 Å². The third kappa shape index (κ3) is 2.68. The van der Waals surface area contributed by atoms with Gasteiger partial charge in [-0.15, -0.1) is 0 Å². The fourth-order valence-electron chi connectivity index (χ4n) is 3.67. The number of anilines is 1. The number of aryl methyl sites for hydroxylation is 1. The van der Waals surface area contributed by atoms with Crippen LogP contribution in [-0.2, 0) is 4.74 Å². The smallest absolute Gasteiger partial charge is 0.415 e. The van der Waals surface area contributed by atoms with Crippen LogP contribution in [0.2, 0.25) is 0 Å². The number of benzene rings is 1. The van der Waals surface area contributed by atoms with Gasteiger partial charge in [-0.1, -0.05) is 0 Å². The van der Waals surface area contributed by atoms with E-state index in [0.717, 1.165) is 42.5 Å². The summed E-state index contributed by atoms with van der Waals surface area (Å²) in [5, 5.41) is 0.912. The fourth-order valence-corrected chi connectivity index (χ4v) is 3.67. The molecule has 2 aliphatic heterocycles. The van der Waals surface area contributed by atoms with Crippen LogP contribution >= 0.6 is 0 Å². The molecule has 2 saturated heterocycles. The summed E-state index contributed by atoms with van der Waals surface area (Å²) >= 11 is 0. The molecule has 0 aliphatic carbocycles. The van der Waals surface area contributed by atoms with Crippen LogP contribution in [0.25, 0.3) is 10.9 Å². The van der Waals surface area contributed by atoms with Crippen molar-refractivity contribution in [1.82, 2.24) is 14.9 Å². The highest BCUT2D eigenvalue weighted by Crippen LogP contribution is 2.40. The van der Waals surface area contributed by atoms with Crippen LogP contribution in [0.5, 0.6) is 5.75 Å². The predicted molar refractivity (Wildman–Crippen MR) is 94.1 cm³/mol. The number of methoxy groups -OCH3 is 1. The summed E-state index contributed by atoms with van der Waals surface area (Å²) in [5.41, 5.74) is 1.99. The van der Waals surface area contributed by atoms with Crippen molar-refractivity contribution >= 4 is 22.7 Å². The van der Waals surface area contributed by atoms with Gasteiger partial charge in [0.2, 0.25) is 0 Å². The molecule has 2 aromatic rings. The van der Waals surface area contributed by atoms with Crippen molar-refractivity contribution in [2.45, 2.75) is 25.4 Å². The van der Waals surface area contributed by atoms with Crippen LogP contribution in [0.1, 0.15) is 18.5 Å². The molecular formula is C18H22N4O3. The molecule has 0 saturated carbocycles. The van der Waals surface area contributed by atoms with E-state index in [2.05, 4.69) is 21.9 Å². The Bertz CT molecular complexity index is 830. The molecule has 1 spiro atoms. The van der Waals surface area contributed by atoms with Gasteiger partial charge in [0.15, 0.2) is 0 Å². The number of hydrogen-bond acceptors (Lipinski definition) is 6. The number of likely N-dealkylation sites (tertiary alicyclic amines) is 1. The Morgan fingerprint density at radius 3 is 2.72 bits per heavy atom. The lowest BCUT2D eigenvalue weighted by atomic mass is 9.91. The predicted octanol–water partition coefficient (Wildman–Crippen LogP) is 2.37. The number of ether oxygens (including phenoxy) is 2. The van der Waals surface area contributed by atoms with Crippen molar-refractivity contribution in [1.29, 1.82) is 0 Å². The maximum absolute atomic E-state index is 12.6. The molecule has 7 heteroatoms. The average molecular weight is 342 g/mol. The van der Waals surface area contributed by atoms with Crippen molar-refractivity contribution in [3.05, 3.63) is 24.2 Å². The Hall–Kier alpha value is -2.41. The van der Waals surface area contributed by atoms with Crippen LogP contribution in [0, 0.1) is 6.92 Å². The van der Waals surface area contributed by atoms with Crippen molar-refractivity contribution < 1.29 is 14.3 Å². The standard InChI is InChI=1S/C18H22N4O3/c1-12-13-8-15(16(24-3)9-14(13)20-11-19-12)22-10-18(25-17(22)23)4-6-21(2)7-5-18/h8-9,11H,4-7,10H2,1-3H3. The summed E-state index contributed by atoms with van der Waals surface area (Å²) in [7, 11) is 3.70. The van der Waals surface area contributed by atoms with Crippen LogP contribution in [0.4, 0.5) is 10.5 Å². The molecule has 1 aromatic carbocycles. The van der Waals surface area contributed by atoms with E-state index in [1.807, 2.05) is 19.1 Å². The minimum Gasteiger partial charge on any atom is -0.494 e. The molecular weight excluding hydrogens is 320 g/mol. The molecule has 0 radical (unpaired) electrons. The van der Waals surface area contributed by atoms with Crippen molar-refractivity contribution in [2.24, 2.45) is 0 Å². The second-order valence-corrected chi connectivity index (χ2v) is 6.94. The zero-order valence-electron chi connectivity index (χ0n) is 14.8. The van der Waals surface area contributed by atoms with Gasteiger partial charge in [0, 0.05) is 43.1 Å². The first-order valence-electron chi connectivity index (χ1n) is 8.50. The van der Waals surface area contributed by atoms with E-state index in [-0.39, 0.29) is 6.09 Å². The summed E-state index contributed by atoms with van der Waals surface area (Å²) in [4.78, 5) is 25.1. The van der Waals surface area contributed by atoms with Crippen molar-refractivity contribution in [2.75, 3.05) is 38.7 Å². The molecule has 3 heterocycles. The number of fused-ring (bicyclic) bond motifs is 1. The molecule has 0 bridgehead atoms. The van der Waals surface area contributed by atoms with Crippen molar-refractivity contribution in [3.8, 4) is 5.75 Å². The van der Waals surface area contributed by atoms with Crippen LogP contribution < -0.4 is 9.64 Å². The van der Waals surface area contributed by atoms with Crippen LogP contribution in [-0.4, -0.2) is 60.4 Å². The molecule has 7 nitrogen and oxygen atoms in total. The zero-order valence-corrected chi connectivity index (χ0v) is 14.8. The maximum atomic E-state index is 12.6. The Kier molecular flexibility index (Phi) is 3.76. The van der Waals surface area contributed by atoms with E-state index in [1.165, 1.54) is 6.33 Å². The summed E-state index contributed by atoms with van der Waals surface area (Å²) in [6.45, 7) is 4.35.